The predicted molar refractivity (Wildman–Crippen MR) is 118 cm³/mol. The molecule has 0 spiro atoms. The van der Waals surface area contributed by atoms with E-state index in [0.717, 1.165) is 30.1 Å². The predicted octanol–water partition coefficient (Wildman–Crippen LogP) is 2.89. The quantitative estimate of drug-likeness (QED) is 0.739. The highest BCUT2D eigenvalue weighted by molar-refractivity contribution is 6.30. The van der Waals surface area contributed by atoms with Crippen LogP contribution in [0.4, 0.5) is 10.5 Å². The maximum atomic E-state index is 12.5. The van der Waals surface area contributed by atoms with Crippen molar-refractivity contribution in [2.24, 2.45) is 0 Å². The van der Waals surface area contributed by atoms with Gasteiger partial charge in [-0.15, -0.1) is 0 Å². The number of carbonyl (C=O) groups is 2. The molecule has 3 amide bonds. The molecule has 0 saturated carbocycles. The number of nitrogens with one attached hydrogen (secondary N) is 2. The van der Waals surface area contributed by atoms with Gasteiger partial charge in [0.05, 0.1) is 7.11 Å². The van der Waals surface area contributed by atoms with Gasteiger partial charge in [-0.1, -0.05) is 23.7 Å². The summed E-state index contributed by atoms with van der Waals surface area (Å²) < 4.78 is 5.12. The highest BCUT2D eigenvalue weighted by Gasteiger charge is 2.24. The van der Waals surface area contributed by atoms with Gasteiger partial charge in [0, 0.05) is 43.4 Å². The standard InChI is InChI=1S/C22H27ClN4O3/c1-16(21(28)24-15-17-3-9-20(30-2)10-4-17)25-22(29)27-13-11-26(12-14-27)19-7-5-18(23)6-8-19/h3-10,16H,11-15H2,1-2H3,(H,24,28)(H,25,29)/t16-/m0/s1. The van der Waals surface area contributed by atoms with Crippen LogP contribution in [-0.2, 0) is 11.3 Å². The van der Waals surface area contributed by atoms with Crippen LogP contribution in [0, 0.1) is 0 Å². The Morgan fingerprint density at radius 1 is 1.03 bits per heavy atom. The lowest BCUT2D eigenvalue weighted by atomic mass is 10.2. The summed E-state index contributed by atoms with van der Waals surface area (Å²) in [5.74, 6) is 0.542. The minimum Gasteiger partial charge on any atom is -0.497 e. The van der Waals surface area contributed by atoms with Gasteiger partial charge in [-0.2, -0.15) is 0 Å². The second-order valence-corrected chi connectivity index (χ2v) is 7.62. The van der Waals surface area contributed by atoms with Crippen LogP contribution in [0.5, 0.6) is 5.75 Å². The normalized spacial score (nSPS) is 14.8. The summed E-state index contributed by atoms with van der Waals surface area (Å²) in [5, 5.41) is 6.34. The molecular weight excluding hydrogens is 404 g/mol. The minimum atomic E-state index is -0.620. The second-order valence-electron chi connectivity index (χ2n) is 7.19. The largest absolute Gasteiger partial charge is 0.497 e. The Hall–Kier alpha value is -2.93. The molecule has 0 aromatic heterocycles. The first kappa shape index (κ1) is 21.8. The van der Waals surface area contributed by atoms with Crippen LogP contribution in [0.1, 0.15) is 12.5 Å². The molecule has 2 N–H and O–H groups in total. The molecule has 0 aliphatic carbocycles. The number of ether oxygens (including phenoxy) is 1. The highest BCUT2D eigenvalue weighted by Crippen LogP contribution is 2.19. The molecular formula is C22H27ClN4O3. The Morgan fingerprint density at radius 2 is 1.67 bits per heavy atom. The first-order valence-corrected chi connectivity index (χ1v) is 10.3. The zero-order valence-corrected chi connectivity index (χ0v) is 18.0. The molecule has 160 valence electrons. The average molecular weight is 431 g/mol. The van der Waals surface area contributed by atoms with E-state index in [-0.39, 0.29) is 11.9 Å². The van der Waals surface area contributed by atoms with E-state index < -0.39 is 6.04 Å². The van der Waals surface area contributed by atoms with Crippen LogP contribution >= 0.6 is 11.6 Å². The molecule has 1 aliphatic heterocycles. The zero-order chi connectivity index (χ0) is 21.5. The third kappa shape index (κ3) is 5.79. The van der Waals surface area contributed by atoms with Crippen molar-refractivity contribution in [1.29, 1.82) is 0 Å². The van der Waals surface area contributed by atoms with Gasteiger partial charge < -0.3 is 25.2 Å². The maximum Gasteiger partial charge on any atom is 0.318 e. The number of halogens is 1. The van der Waals surface area contributed by atoms with E-state index >= 15 is 0 Å². The lowest BCUT2D eigenvalue weighted by Crippen LogP contribution is -2.55. The van der Waals surface area contributed by atoms with Crippen molar-refractivity contribution in [2.75, 3.05) is 38.2 Å². The topological polar surface area (TPSA) is 73.9 Å². The summed E-state index contributed by atoms with van der Waals surface area (Å²) in [5.41, 5.74) is 2.05. The molecule has 3 rings (SSSR count). The van der Waals surface area contributed by atoms with Crippen molar-refractivity contribution >= 4 is 29.2 Å². The number of urea groups is 1. The van der Waals surface area contributed by atoms with Crippen molar-refractivity contribution in [3.8, 4) is 5.75 Å². The Morgan fingerprint density at radius 3 is 2.27 bits per heavy atom. The van der Waals surface area contributed by atoms with E-state index in [2.05, 4.69) is 15.5 Å². The average Bonchev–Trinajstić information content (AvgIpc) is 2.78. The summed E-state index contributed by atoms with van der Waals surface area (Å²) >= 11 is 5.94. The van der Waals surface area contributed by atoms with Gasteiger partial charge in [-0.25, -0.2) is 4.79 Å². The molecule has 1 atom stereocenters. The van der Waals surface area contributed by atoms with E-state index in [1.165, 1.54) is 0 Å². The van der Waals surface area contributed by atoms with E-state index in [1.54, 1.807) is 18.9 Å². The SMILES string of the molecule is COc1ccc(CNC(=O)[C@H](C)NC(=O)N2CCN(c3ccc(Cl)cc3)CC2)cc1. The molecule has 1 fully saturated rings. The lowest BCUT2D eigenvalue weighted by Gasteiger charge is -2.36. The van der Waals surface area contributed by atoms with Crippen LogP contribution in [0.2, 0.25) is 5.02 Å². The fourth-order valence-electron chi connectivity index (χ4n) is 3.25. The molecule has 7 nitrogen and oxygen atoms in total. The first-order valence-electron chi connectivity index (χ1n) is 9.93. The van der Waals surface area contributed by atoms with E-state index in [4.69, 9.17) is 16.3 Å². The molecule has 30 heavy (non-hydrogen) atoms. The van der Waals surface area contributed by atoms with Crippen molar-refractivity contribution in [1.82, 2.24) is 15.5 Å². The smallest absolute Gasteiger partial charge is 0.318 e. The number of hydrogen-bond donors (Lipinski definition) is 2. The number of piperazine rings is 1. The van der Waals surface area contributed by atoms with Gasteiger partial charge in [-0.05, 0) is 48.9 Å². The lowest BCUT2D eigenvalue weighted by molar-refractivity contribution is -0.122. The second kappa shape index (κ2) is 10.2. The summed E-state index contributed by atoms with van der Waals surface area (Å²) in [6.07, 6.45) is 0. The Kier molecular flexibility index (Phi) is 7.41. The highest BCUT2D eigenvalue weighted by atomic mass is 35.5. The number of hydrogen-bond acceptors (Lipinski definition) is 4. The van der Waals surface area contributed by atoms with Gasteiger partial charge in [0.1, 0.15) is 11.8 Å². The third-order valence-corrected chi connectivity index (χ3v) is 5.37. The molecule has 1 saturated heterocycles. The number of carbonyl (C=O) groups excluding carboxylic acids is 2. The Bertz CT molecular complexity index is 850. The zero-order valence-electron chi connectivity index (χ0n) is 17.2. The molecule has 1 heterocycles. The number of nitrogens with zero attached hydrogens (tertiary/aromatic N) is 2. The monoisotopic (exact) mass is 430 g/mol. The third-order valence-electron chi connectivity index (χ3n) is 5.12. The van der Waals surface area contributed by atoms with Gasteiger partial charge in [0.2, 0.25) is 5.91 Å². The Labute approximate surface area is 181 Å². The first-order chi connectivity index (χ1) is 14.5. The summed E-state index contributed by atoms with van der Waals surface area (Å²) in [4.78, 5) is 28.8. The summed E-state index contributed by atoms with van der Waals surface area (Å²) in [7, 11) is 1.61. The van der Waals surface area contributed by atoms with Gasteiger partial charge in [-0.3, -0.25) is 4.79 Å². The summed E-state index contributed by atoms with van der Waals surface area (Å²) in [6.45, 7) is 4.72. The fraction of sp³-hybridized carbons (Fsp3) is 0.364. The van der Waals surface area contributed by atoms with Crippen LogP contribution in [-0.4, -0.2) is 56.2 Å². The van der Waals surface area contributed by atoms with E-state index in [1.807, 2.05) is 48.5 Å². The van der Waals surface area contributed by atoms with Crippen molar-refractivity contribution in [3.05, 3.63) is 59.1 Å². The van der Waals surface area contributed by atoms with E-state index in [9.17, 15) is 9.59 Å². The molecule has 2 aromatic carbocycles. The Balaban J connectivity index is 1.42. The van der Waals surface area contributed by atoms with Crippen LogP contribution in [0.3, 0.4) is 0 Å². The fourth-order valence-corrected chi connectivity index (χ4v) is 3.37. The number of amides is 3. The number of methoxy groups -OCH3 is 1. The van der Waals surface area contributed by atoms with Crippen LogP contribution in [0.15, 0.2) is 48.5 Å². The summed E-state index contributed by atoms with van der Waals surface area (Å²) in [6, 6.07) is 14.3. The van der Waals surface area contributed by atoms with Gasteiger partial charge in [0.15, 0.2) is 0 Å². The van der Waals surface area contributed by atoms with Crippen LogP contribution < -0.4 is 20.3 Å². The molecule has 0 bridgehead atoms. The minimum absolute atomic E-state index is 0.223. The number of rotatable bonds is 6. The molecule has 1 aliphatic rings. The van der Waals surface area contributed by atoms with Gasteiger partial charge in [0.25, 0.3) is 0 Å². The van der Waals surface area contributed by atoms with Gasteiger partial charge >= 0.3 is 6.03 Å². The van der Waals surface area contributed by atoms with Crippen molar-refractivity contribution in [3.63, 3.8) is 0 Å². The van der Waals surface area contributed by atoms with Crippen LogP contribution in [0.25, 0.3) is 0 Å². The van der Waals surface area contributed by atoms with Crippen molar-refractivity contribution in [2.45, 2.75) is 19.5 Å². The molecule has 2 aromatic rings. The van der Waals surface area contributed by atoms with Crippen molar-refractivity contribution < 1.29 is 14.3 Å². The van der Waals surface area contributed by atoms with E-state index in [0.29, 0.717) is 24.7 Å². The number of benzene rings is 2. The molecule has 0 radical (unpaired) electrons. The maximum absolute atomic E-state index is 12.5. The number of anilines is 1. The molecule has 8 heteroatoms. The molecule has 0 unspecified atom stereocenters.